The second-order valence-electron chi connectivity index (χ2n) is 9.23. The van der Waals surface area contributed by atoms with E-state index in [4.69, 9.17) is 4.74 Å². The summed E-state index contributed by atoms with van der Waals surface area (Å²) in [6, 6.07) is 22.3. The summed E-state index contributed by atoms with van der Waals surface area (Å²) in [7, 11) is 0. The summed E-state index contributed by atoms with van der Waals surface area (Å²) in [5.41, 5.74) is 4.72. The standard InChI is InChI=1S/C29H34N2O4/c1-19(2)24-11-8-12-25(20(3)4)27(24)31-28(32)26(30-29(33)34)17-21-13-15-23(16-14-21)35-18-22-9-6-5-7-10-22/h5-16,19-20,26,30H,17-18H2,1-4H3,(H,31,32)(H,33,34)/t26-/m0/s1. The average molecular weight is 475 g/mol. The minimum absolute atomic E-state index is 0.207. The lowest BCUT2D eigenvalue weighted by molar-refractivity contribution is -0.118. The molecule has 6 heteroatoms. The van der Waals surface area contributed by atoms with Gasteiger partial charge < -0.3 is 20.5 Å². The van der Waals surface area contributed by atoms with Gasteiger partial charge in [-0.3, -0.25) is 4.79 Å². The van der Waals surface area contributed by atoms with Gasteiger partial charge >= 0.3 is 6.09 Å². The van der Waals surface area contributed by atoms with Crippen LogP contribution in [0.15, 0.2) is 72.8 Å². The van der Waals surface area contributed by atoms with Crippen LogP contribution >= 0.6 is 0 Å². The van der Waals surface area contributed by atoms with E-state index in [2.05, 4.69) is 38.3 Å². The average Bonchev–Trinajstić information content (AvgIpc) is 2.83. The highest BCUT2D eigenvalue weighted by molar-refractivity contribution is 5.98. The maximum Gasteiger partial charge on any atom is 0.405 e. The van der Waals surface area contributed by atoms with Crippen LogP contribution in [0.1, 0.15) is 61.8 Å². The number of amides is 2. The smallest absolute Gasteiger partial charge is 0.405 e. The number of ether oxygens (including phenoxy) is 1. The van der Waals surface area contributed by atoms with E-state index in [1.807, 2.05) is 72.8 Å². The molecule has 35 heavy (non-hydrogen) atoms. The van der Waals surface area contributed by atoms with Crippen LogP contribution in [0, 0.1) is 0 Å². The van der Waals surface area contributed by atoms with Crippen LogP contribution in [-0.2, 0) is 17.8 Å². The molecule has 3 N–H and O–H groups in total. The number of benzene rings is 3. The second-order valence-corrected chi connectivity index (χ2v) is 9.23. The second kappa shape index (κ2) is 12.1. The van der Waals surface area contributed by atoms with E-state index < -0.39 is 12.1 Å². The molecule has 3 rings (SSSR count). The third kappa shape index (κ3) is 7.34. The third-order valence-corrected chi connectivity index (χ3v) is 5.85. The van der Waals surface area contributed by atoms with Gasteiger partial charge in [-0.2, -0.15) is 0 Å². The molecule has 0 saturated heterocycles. The van der Waals surface area contributed by atoms with E-state index >= 15 is 0 Å². The molecular weight excluding hydrogens is 440 g/mol. The Hall–Kier alpha value is -3.80. The Balaban J connectivity index is 1.74. The molecule has 0 unspecified atom stereocenters. The van der Waals surface area contributed by atoms with Gasteiger partial charge in [0, 0.05) is 12.1 Å². The number of carboxylic acid groups (broad SMARTS) is 1. The Bertz CT molecular complexity index is 1100. The van der Waals surface area contributed by atoms with Crippen LogP contribution in [0.3, 0.4) is 0 Å². The molecule has 0 aliphatic heterocycles. The largest absolute Gasteiger partial charge is 0.489 e. The first-order valence-corrected chi connectivity index (χ1v) is 11.9. The molecule has 0 bridgehead atoms. The summed E-state index contributed by atoms with van der Waals surface area (Å²) in [6.45, 7) is 8.75. The maximum atomic E-state index is 13.3. The van der Waals surface area contributed by atoms with Crippen LogP contribution in [0.25, 0.3) is 0 Å². The van der Waals surface area contributed by atoms with Gasteiger partial charge in [0.1, 0.15) is 18.4 Å². The molecular formula is C29H34N2O4. The van der Waals surface area contributed by atoms with Crippen molar-refractivity contribution < 1.29 is 19.4 Å². The zero-order chi connectivity index (χ0) is 25.4. The molecule has 0 heterocycles. The van der Waals surface area contributed by atoms with Crippen molar-refractivity contribution in [2.45, 2.75) is 58.6 Å². The van der Waals surface area contributed by atoms with E-state index in [-0.39, 0.29) is 24.2 Å². The molecule has 184 valence electrons. The van der Waals surface area contributed by atoms with Crippen molar-refractivity contribution in [1.82, 2.24) is 5.32 Å². The predicted octanol–water partition coefficient (Wildman–Crippen LogP) is 6.33. The lowest BCUT2D eigenvalue weighted by Gasteiger charge is -2.23. The van der Waals surface area contributed by atoms with E-state index in [9.17, 15) is 14.7 Å². The molecule has 0 radical (unpaired) electrons. The maximum absolute atomic E-state index is 13.3. The van der Waals surface area contributed by atoms with Crippen LogP contribution in [-0.4, -0.2) is 23.1 Å². The number of rotatable bonds is 10. The molecule has 2 amide bonds. The number of anilines is 1. The summed E-state index contributed by atoms with van der Waals surface area (Å²) in [4.78, 5) is 24.7. The first-order chi connectivity index (χ1) is 16.7. The highest BCUT2D eigenvalue weighted by Gasteiger charge is 2.24. The fourth-order valence-electron chi connectivity index (χ4n) is 3.96. The topological polar surface area (TPSA) is 87.7 Å². The molecule has 6 nitrogen and oxygen atoms in total. The third-order valence-electron chi connectivity index (χ3n) is 5.85. The summed E-state index contributed by atoms with van der Waals surface area (Å²) < 4.78 is 5.83. The summed E-state index contributed by atoms with van der Waals surface area (Å²) in [5, 5.41) is 14.8. The molecule has 0 aromatic heterocycles. The minimum atomic E-state index is -1.24. The number of hydrogen-bond donors (Lipinski definition) is 3. The predicted molar refractivity (Wildman–Crippen MR) is 139 cm³/mol. The minimum Gasteiger partial charge on any atom is -0.489 e. The van der Waals surface area contributed by atoms with Gasteiger partial charge in [0.15, 0.2) is 0 Å². The molecule has 3 aromatic rings. The van der Waals surface area contributed by atoms with Gasteiger partial charge in [-0.05, 0) is 46.2 Å². The van der Waals surface area contributed by atoms with Crippen molar-refractivity contribution in [3.63, 3.8) is 0 Å². The van der Waals surface area contributed by atoms with E-state index in [0.29, 0.717) is 12.4 Å². The fraction of sp³-hybridized carbons (Fsp3) is 0.310. The van der Waals surface area contributed by atoms with Crippen LogP contribution in [0.4, 0.5) is 10.5 Å². The highest BCUT2D eigenvalue weighted by Crippen LogP contribution is 2.32. The molecule has 3 aromatic carbocycles. The first-order valence-electron chi connectivity index (χ1n) is 11.9. The quantitative estimate of drug-likeness (QED) is 0.320. The monoisotopic (exact) mass is 474 g/mol. The van der Waals surface area contributed by atoms with Crippen molar-refractivity contribution >= 4 is 17.7 Å². The Labute approximate surface area is 207 Å². The van der Waals surface area contributed by atoms with Gasteiger partial charge in [0.25, 0.3) is 0 Å². The molecule has 0 saturated carbocycles. The van der Waals surface area contributed by atoms with E-state index in [0.717, 1.165) is 27.9 Å². The highest BCUT2D eigenvalue weighted by atomic mass is 16.5. The van der Waals surface area contributed by atoms with Crippen molar-refractivity contribution in [3.05, 3.63) is 95.1 Å². The zero-order valence-corrected chi connectivity index (χ0v) is 20.7. The molecule has 0 fully saturated rings. The fourth-order valence-corrected chi connectivity index (χ4v) is 3.96. The number of hydrogen-bond acceptors (Lipinski definition) is 3. The van der Waals surface area contributed by atoms with Crippen LogP contribution in [0.5, 0.6) is 5.75 Å². The van der Waals surface area contributed by atoms with Crippen LogP contribution in [0.2, 0.25) is 0 Å². The number of carbonyl (C=O) groups excluding carboxylic acids is 1. The van der Waals surface area contributed by atoms with Gasteiger partial charge in [-0.1, -0.05) is 88.4 Å². The van der Waals surface area contributed by atoms with Gasteiger partial charge in [-0.25, -0.2) is 4.79 Å². The normalized spacial score (nSPS) is 11.8. The van der Waals surface area contributed by atoms with Crippen molar-refractivity contribution in [1.29, 1.82) is 0 Å². The van der Waals surface area contributed by atoms with Gasteiger partial charge in [-0.15, -0.1) is 0 Å². The first kappa shape index (κ1) is 25.8. The Morgan fingerprint density at radius 2 is 1.40 bits per heavy atom. The van der Waals surface area contributed by atoms with Crippen molar-refractivity contribution in [2.75, 3.05) is 5.32 Å². The molecule has 0 aliphatic rings. The molecule has 0 spiro atoms. The Morgan fingerprint density at radius 1 is 0.800 bits per heavy atom. The Morgan fingerprint density at radius 3 is 1.94 bits per heavy atom. The van der Waals surface area contributed by atoms with Gasteiger partial charge in [0.2, 0.25) is 5.91 Å². The van der Waals surface area contributed by atoms with Crippen molar-refractivity contribution in [2.24, 2.45) is 0 Å². The SMILES string of the molecule is CC(C)c1cccc(C(C)C)c1NC(=O)[C@H](Cc1ccc(OCc2ccccc2)cc1)NC(=O)O. The summed E-state index contributed by atoms with van der Waals surface area (Å²) >= 11 is 0. The number of nitrogens with one attached hydrogen (secondary N) is 2. The zero-order valence-electron chi connectivity index (χ0n) is 20.7. The lowest BCUT2D eigenvalue weighted by atomic mass is 9.92. The summed E-state index contributed by atoms with van der Waals surface area (Å²) in [5.74, 6) is 0.737. The summed E-state index contributed by atoms with van der Waals surface area (Å²) in [6.07, 6.45) is -1.02. The number of carbonyl (C=O) groups is 2. The number of para-hydroxylation sites is 1. The Kier molecular flexibility index (Phi) is 8.90. The molecule has 0 aliphatic carbocycles. The van der Waals surface area contributed by atoms with E-state index in [1.54, 1.807) is 0 Å². The molecule has 1 atom stereocenters. The van der Waals surface area contributed by atoms with Crippen LogP contribution < -0.4 is 15.4 Å². The van der Waals surface area contributed by atoms with E-state index in [1.165, 1.54) is 0 Å². The van der Waals surface area contributed by atoms with Crippen molar-refractivity contribution in [3.8, 4) is 5.75 Å². The lowest BCUT2D eigenvalue weighted by Crippen LogP contribution is -2.45. The van der Waals surface area contributed by atoms with Gasteiger partial charge in [0.05, 0.1) is 0 Å².